The van der Waals surface area contributed by atoms with Crippen LogP contribution in [0.2, 0.25) is 18.6 Å². The Bertz CT molecular complexity index is 1920. The Balaban J connectivity index is 1.30. The summed E-state index contributed by atoms with van der Waals surface area (Å²) in [5.41, 5.74) is 3.63. The summed E-state index contributed by atoms with van der Waals surface area (Å²) < 4.78 is 14.7. The zero-order valence-electron chi connectivity index (χ0n) is 28.7. The van der Waals surface area contributed by atoms with Gasteiger partial charge in [-0.15, -0.1) is 0 Å². The summed E-state index contributed by atoms with van der Waals surface area (Å²) in [4.78, 5) is 33.3. The predicted octanol–water partition coefficient (Wildman–Crippen LogP) is 7.16. The molecule has 1 fully saturated rings. The summed E-state index contributed by atoms with van der Waals surface area (Å²) in [7, 11) is -0.787. The Morgan fingerprint density at radius 3 is 2.42 bits per heavy atom. The van der Waals surface area contributed by atoms with Crippen molar-refractivity contribution in [1.29, 1.82) is 0 Å². The highest BCUT2D eigenvalue weighted by Gasteiger charge is 2.66. The van der Waals surface area contributed by atoms with Crippen LogP contribution in [0.25, 0.3) is 0 Å². The number of benzene rings is 4. The van der Waals surface area contributed by atoms with Gasteiger partial charge in [0.1, 0.15) is 5.75 Å². The summed E-state index contributed by atoms with van der Waals surface area (Å²) >= 11 is 5.99. The predicted molar refractivity (Wildman–Crippen MR) is 210 cm³/mol. The van der Waals surface area contributed by atoms with E-state index in [-0.39, 0.29) is 42.3 Å². The molecule has 4 aromatic rings. The highest BCUT2D eigenvalue weighted by molar-refractivity contribution is 14.1. The van der Waals surface area contributed by atoms with Gasteiger partial charge in [-0.1, -0.05) is 89.7 Å². The molecule has 1 N–H and O–H groups in total. The van der Waals surface area contributed by atoms with Gasteiger partial charge in [0.2, 0.25) is 5.91 Å². The number of hydrogen-bond acceptors (Lipinski definition) is 5. The molecule has 3 heterocycles. The average Bonchev–Trinajstić information content (AvgIpc) is 3.54. The normalized spacial score (nSPS) is 24.4. The van der Waals surface area contributed by atoms with E-state index in [1.54, 1.807) is 7.11 Å². The summed E-state index contributed by atoms with van der Waals surface area (Å²) in [5, 5.41) is 11.6. The Hall–Kier alpha value is -3.03. The van der Waals surface area contributed by atoms with Gasteiger partial charge in [0, 0.05) is 26.1 Å². The Morgan fingerprint density at radius 1 is 1.04 bits per heavy atom. The molecule has 7 rings (SSSR count). The SMILES string of the molecule is COc1ccc([Si](C)(C)[C@@H]2[C@@H](CC(=O)N3Cc4ccccc4C[C@H]3CO)O[C@]3(C(=O)N(Cc4ccc(I)cc4)c4ccc(Br)cc43)[C@H]2C)cc1. The van der Waals surface area contributed by atoms with E-state index in [1.807, 2.05) is 52.3 Å². The van der Waals surface area contributed by atoms with Crippen LogP contribution in [0.5, 0.6) is 5.75 Å². The molecule has 4 aromatic carbocycles. The number of aliphatic hydroxyl groups is 1. The third-order valence-electron chi connectivity index (χ3n) is 11.3. The summed E-state index contributed by atoms with van der Waals surface area (Å²) in [5.74, 6) is 0.403. The number of aliphatic hydroxyl groups excluding tert-OH is 1. The number of fused-ring (bicyclic) bond motifs is 3. The lowest BCUT2D eigenvalue weighted by Crippen LogP contribution is -2.52. The number of rotatable bonds is 8. The molecule has 5 atom stereocenters. The third-order valence-corrected chi connectivity index (χ3v) is 16.9. The monoisotopic (exact) mass is 864 g/mol. The maximum atomic E-state index is 15.1. The molecular weight excluding hydrogens is 823 g/mol. The zero-order chi connectivity index (χ0) is 35.4. The van der Waals surface area contributed by atoms with Crippen LogP contribution >= 0.6 is 38.5 Å². The lowest BCUT2D eigenvalue weighted by atomic mass is 9.82. The van der Waals surface area contributed by atoms with E-state index in [1.165, 1.54) is 5.19 Å². The van der Waals surface area contributed by atoms with Gasteiger partial charge in [-0.05, 0) is 93.7 Å². The molecule has 0 saturated carbocycles. The van der Waals surface area contributed by atoms with Gasteiger partial charge in [-0.2, -0.15) is 0 Å². The fraction of sp³-hybridized carbons (Fsp3) is 0.350. The quantitative estimate of drug-likeness (QED) is 0.150. The molecule has 3 aliphatic heterocycles. The topological polar surface area (TPSA) is 79.3 Å². The summed E-state index contributed by atoms with van der Waals surface area (Å²) in [6.07, 6.45) is 0.204. The van der Waals surface area contributed by atoms with E-state index in [9.17, 15) is 9.90 Å². The van der Waals surface area contributed by atoms with Gasteiger partial charge in [-0.25, -0.2) is 0 Å². The van der Waals surface area contributed by atoms with Crippen molar-refractivity contribution >= 4 is 69.3 Å². The molecule has 1 saturated heterocycles. The Kier molecular flexibility index (Phi) is 9.79. The fourth-order valence-corrected chi connectivity index (χ4v) is 13.5. The molecule has 10 heteroatoms. The Labute approximate surface area is 317 Å². The first-order valence-electron chi connectivity index (χ1n) is 17.1. The number of nitrogens with zero attached hydrogens (tertiary/aromatic N) is 2. The minimum atomic E-state index is -2.45. The molecule has 1 spiro atoms. The van der Waals surface area contributed by atoms with Gasteiger partial charge in [0.25, 0.3) is 5.91 Å². The van der Waals surface area contributed by atoms with Crippen LogP contribution in [0, 0.1) is 9.49 Å². The van der Waals surface area contributed by atoms with Crippen LogP contribution < -0.4 is 14.8 Å². The lowest BCUT2D eigenvalue weighted by Gasteiger charge is -2.39. The van der Waals surface area contributed by atoms with Crippen LogP contribution in [0.3, 0.4) is 0 Å². The minimum Gasteiger partial charge on any atom is -0.497 e. The average molecular weight is 866 g/mol. The van der Waals surface area contributed by atoms with Crippen molar-refractivity contribution in [3.63, 3.8) is 0 Å². The van der Waals surface area contributed by atoms with Crippen molar-refractivity contribution in [1.82, 2.24) is 4.90 Å². The molecule has 260 valence electrons. The van der Waals surface area contributed by atoms with Gasteiger partial charge in [0.05, 0.1) is 52.6 Å². The first kappa shape index (κ1) is 35.4. The Morgan fingerprint density at radius 2 is 1.74 bits per heavy atom. The van der Waals surface area contributed by atoms with Gasteiger partial charge in [0.15, 0.2) is 5.60 Å². The van der Waals surface area contributed by atoms with Crippen LogP contribution in [0.1, 0.15) is 35.6 Å². The number of carbonyl (C=O) groups excluding carboxylic acids is 2. The number of halogens is 2. The smallest absolute Gasteiger partial charge is 0.264 e. The maximum Gasteiger partial charge on any atom is 0.264 e. The molecule has 50 heavy (non-hydrogen) atoms. The second-order valence-corrected chi connectivity index (χ2v) is 21.2. The second-order valence-electron chi connectivity index (χ2n) is 14.4. The van der Waals surface area contributed by atoms with Crippen molar-refractivity contribution in [3.8, 4) is 5.75 Å². The highest BCUT2D eigenvalue weighted by Crippen LogP contribution is 2.60. The molecule has 7 nitrogen and oxygen atoms in total. The standard InChI is InChI=1S/C40H42BrIN2O5Si/c1-25-38(50(3,4)33-16-14-32(48-2)15-17-33)36(21-37(46)43-23-28-8-6-5-7-27(28)19-31(43)24-45)49-40(25)34-20-29(41)11-18-35(34)44(39(40)47)22-26-9-12-30(42)13-10-26/h5-18,20,25,31,36,38,45H,19,21-24H2,1-4H3/t25-,31-,36+,38-,40+/m0/s1. The van der Waals surface area contributed by atoms with E-state index >= 15 is 4.79 Å². The molecule has 2 amide bonds. The van der Waals surface area contributed by atoms with Crippen LogP contribution in [0.15, 0.2) is 95.5 Å². The van der Waals surface area contributed by atoms with E-state index in [2.05, 4.69) is 107 Å². The summed E-state index contributed by atoms with van der Waals surface area (Å²) in [6, 6.07) is 30.3. The number of amides is 2. The molecule has 0 aromatic heterocycles. The van der Waals surface area contributed by atoms with Crippen LogP contribution in [-0.2, 0) is 39.4 Å². The maximum absolute atomic E-state index is 15.1. The molecule has 0 bridgehead atoms. The number of hydrogen-bond donors (Lipinski definition) is 1. The van der Waals surface area contributed by atoms with E-state index < -0.39 is 19.8 Å². The fourth-order valence-electron chi connectivity index (χ4n) is 8.75. The molecule has 0 unspecified atom stereocenters. The summed E-state index contributed by atoms with van der Waals surface area (Å²) in [6.45, 7) is 7.55. The van der Waals surface area contributed by atoms with E-state index in [0.29, 0.717) is 19.5 Å². The second kappa shape index (κ2) is 13.8. The lowest BCUT2D eigenvalue weighted by molar-refractivity contribution is -0.151. The van der Waals surface area contributed by atoms with Crippen molar-refractivity contribution in [3.05, 3.63) is 121 Å². The van der Waals surface area contributed by atoms with E-state index in [4.69, 9.17) is 9.47 Å². The van der Waals surface area contributed by atoms with Crippen molar-refractivity contribution in [2.75, 3.05) is 18.6 Å². The molecule has 3 aliphatic rings. The number of ether oxygens (including phenoxy) is 2. The van der Waals surface area contributed by atoms with Crippen molar-refractivity contribution in [2.45, 2.75) is 69.2 Å². The van der Waals surface area contributed by atoms with Crippen LogP contribution in [0.4, 0.5) is 5.69 Å². The van der Waals surface area contributed by atoms with Gasteiger partial charge in [-0.3, -0.25) is 9.59 Å². The zero-order valence-corrected chi connectivity index (χ0v) is 33.5. The number of carbonyl (C=O) groups is 2. The molecule has 0 aliphatic carbocycles. The number of methoxy groups -OCH3 is 1. The van der Waals surface area contributed by atoms with Gasteiger partial charge >= 0.3 is 0 Å². The number of anilines is 1. The third kappa shape index (κ3) is 6.04. The van der Waals surface area contributed by atoms with Crippen LogP contribution in [-0.4, -0.2) is 55.8 Å². The highest BCUT2D eigenvalue weighted by atomic mass is 127. The molecular formula is C40H42BrIN2O5Si. The first-order valence-corrected chi connectivity index (χ1v) is 22.1. The molecule has 0 radical (unpaired) electrons. The first-order chi connectivity index (χ1) is 24.0. The van der Waals surface area contributed by atoms with E-state index in [0.717, 1.165) is 41.7 Å². The minimum absolute atomic E-state index is 0.0620. The largest absolute Gasteiger partial charge is 0.497 e. The van der Waals surface area contributed by atoms with Crippen molar-refractivity contribution in [2.24, 2.45) is 5.92 Å². The van der Waals surface area contributed by atoms with Crippen molar-refractivity contribution < 1.29 is 24.2 Å². The van der Waals surface area contributed by atoms with Gasteiger partial charge < -0.3 is 24.4 Å².